The standard InChI is InChI=1S/C14H15ClFNO3/c1-7-4-9(10(5-7)14(19)20)13(18)17-12-3-2-8(16)6-11(12)15/h2-3,6-7,9-10H,4-5H2,1H3,(H,17,18)(H,19,20)/t7?,9-,10+/m0/s1. The van der Waals surface area contributed by atoms with Crippen LogP contribution in [0.1, 0.15) is 19.8 Å². The Morgan fingerprint density at radius 1 is 1.35 bits per heavy atom. The van der Waals surface area contributed by atoms with Gasteiger partial charge in [-0.05, 0) is 37.0 Å². The molecule has 1 aliphatic carbocycles. The monoisotopic (exact) mass is 299 g/mol. The van der Waals surface area contributed by atoms with E-state index in [-0.39, 0.29) is 16.8 Å². The summed E-state index contributed by atoms with van der Waals surface area (Å²) in [4.78, 5) is 23.4. The molecule has 0 heterocycles. The van der Waals surface area contributed by atoms with E-state index >= 15 is 0 Å². The lowest BCUT2D eigenvalue weighted by Crippen LogP contribution is -2.30. The molecule has 108 valence electrons. The lowest BCUT2D eigenvalue weighted by Gasteiger charge is -2.16. The summed E-state index contributed by atoms with van der Waals surface area (Å²) in [5.74, 6) is -2.90. The van der Waals surface area contributed by atoms with Gasteiger partial charge < -0.3 is 10.4 Å². The summed E-state index contributed by atoms with van der Waals surface area (Å²) in [6.07, 6.45) is 1.02. The second-order valence-corrected chi connectivity index (χ2v) is 5.65. The molecule has 1 aromatic rings. The molecule has 2 rings (SSSR count). The van der Waals surface area contributed by atoms with Crippen LogP contribution in [0.3, 0.4) is 0 Å². The summed E-state index contributed by atoms with van der Waals surface area (Å²) in [7, 11) is 0. The zero-order chi connectivity index (χ0) is 14.9. The summed E-state index contributed by atoms with van der Waals surface area (Å²) in [6.45, 7) is 1.92. The Kier molecular flexibility index (Phi) is 4.28. The maximum atomic E-state index is 12.9. The maximum absolute atomic E-state index is 12.9. The number of carbonyl (C=O) groups excluding carboxylic acids is 1. The predicted molar refractivity (Wildman–Crippen MR) is 73.1 cm³/mol. The number of amides is 1. The molecule has 1 aromatic carbocycles. The Labute approximate surface area is 120 Å². The number of rotatable bonds is 3. The maximum Gasteiger partial charge on any atom is 0.307 e. The first kappa shape index (κ1) is 14.8. The van der Waals surface area contributed by atoms with Crippen LogP contribution in [-0.4, -0.2) is 17.0 Å². The largest absolute Gasteiger partial charge is 0.481 e. The van der Waals surface area contributed by atoms with Crippen molar-refractivity contribution in [2.75, 3.05) is 5.32 Å². The van der Waals surface area contributed by atoms with Crippen molar-refractivity contribution in [3.63, 3.8) is 0 Å². The minimum atomic E-state index is -0.959. The van der Waals surface area contributed by atoms with Crippen LogP contribution in [-0.2, 0) is 9.59 Å². The summed E-state index contributed by atoms with van der Waals surface area (Å²) in [5, 5.41) is 11.8. The summed E-state index contributed by atoms with van der Waals surface area (Å²) < 4.78 is 12.9. The van der Waals surface area contributed by atoms with Crippen LogP contribution >= 0.6 is 11.6 Å². The second-order valence-electron chi connectivity index (χ2n) is 5.24. The van der Waals surface area contributed by atoms with Crippen LogP contribution in [0, 0.1) is 23.6 Å². The van der Waals surface area contributed by atoms with Gasteiger partial charge in [-0.2, -0.15) is 0 Å². The SMILES string of the molecule is CC1C[C@H](C(=O)Nc2ccc(F)cc2Cl)[C@H](C(=O)O)C1. The third-order valence-corrected chi connectivity index (χ3v) is 3.95. The minimum Gasteiger partial charge on any atom is -0.481 e. The van der Waals surface area contributed by atoms with Gasteiger partial charge in [0.05, 0.1) is 22.5 Å². The summed E-state index contributed by atoms with van der Waals surface area (Å²) >= 11 is 5.84. The van der Waals surface area contributed by atoms with Crippen LogP contribution in [0.15, 0.2) is 18.2 Å². The number of carboxylic acids is 1. The van der Waals surface area contributed by atoms with Gasteiger partial charge in [-0.15, -0.1) is 0 Å². The van der Waals surface area contributed by atoms with E-state index in [9.17, 15) is 14.0 Å². The Hall–Kier alpha value is -1.62. The van der Waals surface area contributed by atoms with Crippen molar-refractivity contribution in [1.82, 2.24) is 0 Å². The average molecular weight is 300 g/mol. The van der Waals surface area contributed by atoms with Gasteiger partial charge in [-0.25, -0.2) is 4.39 Å². The molecule has 4 nitrogen and oxygen atoms in total. The Morgan fingerprint density at radius 3 is 2.60 bits per heavy atom. The van der Waals surface area contributed by atoms with E-state index in [4.69, 9.17) is 16.7 Å². The highest BCUT2D eigenvalue weighted by Gasteiger charge is 2.41. The van der Waals surface area contributed by atoms with E-state index in [2.05, 4.69) is 5.32 Å². The number of carboxylic acid groups (broad SMARTS) is 1. The topological polar surface area (TPSA) is 66.4 Å². The lowest BCUT2D eigenvalue weighted by molar-refractivity contribution is -0.145. The molecule has 3 atom stereocenters. The van der Waals surface area contributed by atoms with E-state index in [1.54, 1.807) is 0 Å². The first-order chi connectivity index (χ1) is 9.38. The smallest absolute Gasteiger partial charge is 0.307 e. The first-order valence-corrected chi connectivity index (χ1v) is 6.75. The van der Waals surface area contributed by atoms with E-state index in [1.165, 1.54) is 12.1 Å². The zero-order valence-corrected chi connectivity index (χ0v) is 11.7. The molecule has 0 aromatic heterocycles. The highest BCUT2D eigenvalue weighted by Crippen LogP contribution is 2.37. The van der Waals surface area contributed by atoms with Crippen LogP contribution in [0.2, 0.25) is 5.02 Å². The molecule has 0 aliphatic heterocycles. The highest BCUT2D eigenvalue weighted by molar-refractivity contribution is 6.33. The number of hydrogen-bond donors (Lipinski definition) is 2. The van der Waals surface area contributed by atoms with E-state index in [0.29, 0.717) is 18.5 Å². The molecule has 2 N–H and O–H groups in total. The summed E-state index contributed by atoms with van der Waals surface area (Å²) in [5.41, 5.74) is 0.293. The lowest BCUT2D eigenvalue weighted by atomic mass is 9.95. The number of benzene rings is 1. The number of nitrogens with one attached hydrogen (secondary N) is 1. The second kappa shape index (κ2) is 5.79. The molecule has 1 fully saturated rings. The van der Waals surface area contributed by atoms with Crippen LogP contribution < -0.4 is 5.32 Å². The third kappa shape index (κ3) is 3.10. The summed E-state index contributed by atoms with van der Waals surface area (Å²) in [6, 6.07) is 3.65. The molecule has 20 heavy (non-hydrogen) atoms. The fraction of sp³-hybridized carbons (Fsp3) is 0.429. The van der Waals surface area contributed by atoms with Crippen molar-refractivity contribution in [2.45, 2.75) is 19.8 Å². The van der Waals surface area contributed by atoms with Gasteiger partial charge in [-0.3, -0.25) is 9.59 Å². The Balaban J connectivity index is 2.13. The number of halogens is 2. The van der Waals surface area contributed by atoms with Gasteiger partial charge in [0.1, 0.15) is 5.82 Å². The highest BCUT2D eigenvalue weighted by atomic mass is 35.5. The van der Waals surface area contributed by atoms with Crippen LogP contribution in [0.4, 0.5) is 10.1 Å². The molecular formula is C14H15ClFNO3. The van der Waals surface area contributed by atoms with Crippen molar-refractivity contribution in [1.29, 1.82) is 0 Å². The number of hydrogen-bond acceptors (Lipinski definition) is 2. The fourth-order valence-electron chi connectivity index (χ4n) is 2.67. The van der Waals surface area contributed by atoms with E-state index < -0.39 is 23.6 Å². The van der Waals surface area contributed by atoms with Crippen molar-refractivity contribution >= 4 is 29.2 Å². The molecule has 1 aliphatic rings. The molecule has 0 bridgehead atoms. The number of carbonyl (C=O) groups is 2. The minimum absolute atomic E-state index is 0.0938. The van der Waals surface area contributed by atoms with Gasteiger partial charge in [0.25, 0.3) is 0 Å². The Bertz CT molecular complexity index is 549. The van der Waals surface area contributed by atoms with Gasteiger partial charge in [0.15, 0.2) is 0 Å². The zero-order valence-electron chi connectivity index (χ0n) is 10.9. The van der Waals surface area contributed by atoms with Crippen LogP contribution in [0.25, 0.3) is 0 Å². The molecule has 0 saturated heterocycles. The molecule has 1 amide bonds. The molecule has 1 saturated carbocycles. The van der Waals surface area contributed by atoms with E-state index in [0.717, 1.165) is 6.07 Å². The quantitative estimate of drug-likeness (QED) is 0.901. The third-order valence-electron chi connectivity index (χ3n) is 3.64. The van der Waals surface area contributed by atoms with Crippen molar-refractivity contribution in [3.05, 3.63) is 29.0 Å². The van der Waals surface area contributed by atoms with Crippen molar-refractivity contribution in [3.8, 4) is 0 Å². The molecule has 1 unspecified atom stereocenters. The average Bonchev–Trinajstić information content (AvgIpc) is 2.75. The number of anilines is 1. The first-order valence-electron chi connectivity index (χ1n) is 6.37. The van der Waals surface area contributed by atoms with Crippen molar-refractivity contribution < 1.29 is 19.1 Å². The van der Waals surface area contributed by atoms with E-state index in [1.807, 2.05) is 6.92 Å². The fourth-order valence-corrected chi connectivity index (χ4v) is 2.89. The van der Waals surface area contributed by atoms with Crippen molar-refractivity contribution in [2.24, 2.45) is 17.8 Å². The van der Waals surface area contributed by atoms with Crippen LogP contribution in [0.5, 0.6) is 0 Å². The van der Waals surface area contributed by atoms with Gasteiger partial charge >= 0.3 is 5.97 Å². The normalized spacial score (nSPS) is 25.4. The van der Waals surface area contributed by atoms with Gasteiger partial charge in [-0.1, -0.05) is 18.5 Å². The molecule has 0 spiro atoms. The van der Waals surface area contributed by atoms with Gasteiger partial charge in [0.2, 0.25) is 5.91 Å². The molecule has 6 heteroatoms. The number of aliphatic carboxylic acids is 1. The molecular weight excluding hydrogens is 285 g/mol. The predicted octanol–water partition coefficient (Wildman–Crippen LogP) is 3.16. The Morgan fingerprint density at radius 2 is 2.00 bits per heavy atom. The molecule has 0 radical (unpaired) electrons. The van der Waals surface area contributed by atoms with Gasteiger partial charge in [0, 0.05) is 0 Å².